The first kappa shape index (κ1) is 14.5. The van der Waals surface area contributed by atoms with Crippen molar-refractivity contribution in [3.8, 4) is 0 Å². The van der Waals surface area contributed by atoms with E-state index in [9.17, 15) is 9.18 Å². The van der Waals surface area contributed by atoms with Crippen LogP contribution in [-0.4, -0.2) is 36.0 Å². The Morgan fingerprint density at radius 3 is 2.81 bits per heavy atom. The Morgan fingerprint density at radius 1 is 1.29 bits per heavy atom. The van der Waals surface area contributed by atoms with Crippen molar-refractivity contribution in [3.05, 3.63) is 35.1 Å². The van der Waals surface area contributed by atoms with Crippen LogP contribution in [0.25, 0.3) is 0 Å². The van der Waals surface area contributed by atoms with Crippen molar-refractivity contribution in [2.45, 2.75) is 44.6 Å². The maximum atomic E-state index is 14.1. The van der Waals surface area contributed by atoms with Crippen LogP contribution in [0.3, 0.4) is 0 Å². The molecule has 1 aromatic rings. The number of hydrogen-bond acceptors (Lipinski definition) is 2. The molecule has 1 spiro atoms. The van der Waals surface area contributed by atoms with E-state index in [2.05, 4.69) is 5.32 Å². The lowest BCUT2D eigenvalue weighted by molar-refractivity contribution is 0.0218. The van der Waals surface area contributed by atoms with E-state index >= 15 is 0 Å². The summed E-state index contributed by atoms with van der Waals surface area (Å²) in [6.45, 7) is 4.20. The molecule has 0 bridgehead atoms. The van der Waals surface area contributed by atoms with Gasteiger partial charge in [-0.25, -0.2) is 4.39 Å². The molecule has 1 saturated carbocycles. The van der Waals surface area contributed by atoms with Crippen LogP contribution < -0.4 is 5.32 Å². The number of nitrogens with zero attached hydrogens (tertiary/aromatic N) is 1. The van der Waals surface area contributed by atoms with E-state index in [1.807, 2.05) is 11.8 Å². The number of carbonyl (C=O) groups is 1. The fourth-order valence-corrected chi connectivity index (χ4v) is 3.77. The van der Waals surface area contributed by atoms with Crippen molar-refractivity contribution in [3.63, 3.8) is 0 Å². The highest BCUT2D eigenvalue weighted by Gasteiger charge is 2.42. The highest BCUT2D eigenvalue weighted by Crippen LogP contribution is 2.35. The summed E-state index contributed by atoms with van der Waals surface area (Å²) in [6.07, 6.45) is 5.60. The molecule has 21 heavy (non-hydrogen) atoms. The zero-order chi connectivity index (χ0) is 14.9. The van der Waals surface area contributed by atoms with Gasteiger partial charge in [0.2, 0.25) is 0 Å². The summed E-state index contributed by atoms with van der Waals surface area (Å²) in [5.74, 6) is -0.547. The number of piperazine rings is 1. The lowest BCUT2D eigenvalue weighted by atomic mass is 9.78. The van der Waals surface area contributed by atoms with Gasteiger partial charge in [0.25, 0.3) is 5.91 Å². The second-order valence-electron chi connectivity index (χ2n) is 6.40. The second-order valence-corrected chi connectivity index (χ2v) is 6.40. The Kier molecular flexibility index (Phi) is 3.98. The van der Waals surface area contributed by atoms with Gasteiger partial charge < -0.3 is 10.2 Å². The number of benzene rings is 1. The topological polar surface area (TPSA) is 32.3 Å². The van der Waals surface area contributed by atoms with Crippen molar-refractivity contribution in [1.82, 2.24) is 10.2 Å². The predicted molar refractivity (Wildman–Crippen MR) is 80.9 cm³/mol. The summed E-state index contributed by atoms with van der Waals surface area (Å²) in [6, 6.07) is 4.79. The van der Waals surface area contributed by atoms with E-state index in [1.54, 1.807) is 12.1 Å². The van der Waals surface area contributed by atoms with E-state index < -0.39 is 5.82 Å². The second kappa shape index (κ2) is 5.76. The Balaban J connectivity index is 1.92. The highest BCUT2D eigenvalue weighted by molar-refractivity contribution is 5.95. The molecule has 1 saturated heterocycles. The lowest BCUT2D eigenvalue weighted by Crippen LogP contribution is -2.63. The van der Waals surface area contributed by atoms with E-state index in [0.717, 1.165) is 44.3 Å². The van der Waals surface area contributed by atoms with Crippen molar-refractivity contribution >= 4 is 5.91 Å². The van der Waals surface area contributed by atoms with Crippen molar-refractivity contribution in [2.24, 2.45) is 0 Å². The summed E-state index contributed by atoms with van der Waals surface area (Å²) < 4.78 is 14.1. The van der Waals surface area contributed by atoms with Crippen LogP contribution in [0, 0.1) is 12.7 Å². The van der Waals surface area contributed by atoms with E-state index in [-0.39, 0.29) is 17.0 Å². The van der Waals surface area contributed by atoms with Gasteiger partial charge in [-0.2, -0.15) is 0 Å². The maximum absolute atomic E-state index is 14.1. The normalized spacial score (nSPS) is 21.5. The number of rotatable bonds is 1. The third kappa shape index (κ3) is 2.69. The van der Waals surface area contributed by atoms with E-state index in [1.165, 1.54) is 12.5 Å². The fraction of sp³-hybridized carbons (Fsp3) is 0.588. The Hall–Kier alpha value is -1.42. The Morgan fingerprint density at radius 2 is 2.05 bits per heavy atom. The molecular formula is C17H23FN2O. The molecule has 2 aliphatic rings. The molecule has 4 heteroatoms. The summed E-state index contributed by atoms with van der Waals surface area (Å²) in [5, 5.41) is 3.42. The molecule has 1 amide bonds. The van der Waals surface area contributed by atoms with Crippen LogP contribution in [-0.2, 0) is 0 Å². The zero-order valence-electron chi connectivity index (χ0n) is 12.6. The molecule has 0 radical (unpaired) electrons. The third-order valence-electron chi connectivity index (χ3n) is 4.92. The fourth-order valence-electron chi connectivity index (χ4n) is 3.77. The van der Waals surface area contributed by atoms with Crippen molar-refractivity contribution in [2.75, 3.05) is 19.6 Å². The van der Waals surface area contributed by atoms with Gasteiger partial charge in [-0.3, -0.25) is 4.79 Å². The molecule has 0 unspecified atom stereocenters. The molecule has 1 aliphatic heterocycles. The monoisotopic (exact) mass is 290 g/mol. The molecule has 114 valence electrons. The number of aryl methyl sites for hydroxylation is 1. The van der Waals surface area contributed by atoms with Gasteiger partial charge in [0.15, 0.2) is 0 Å². The van der Waals surface area contributed by atoms with Gasteiger partial charge in [-0.1, -0.05) is 30.9 Å². The molecule has 1 heterocycles. The van der Waals surface area contributed by atoms with Gasteiger partial charge in [0.05, 0.1) is 11.1 Å². The highest BCUT2D eigenvalue weighted by atomic mass is 19.1. The first-order valence-electron chi connectivity index (χ1n) is 7.91. The van der Waals surface area contributed by atoms with Gasteiger partial charge >= 0.3 is 0 Å². The standard InChI is InChI=1S/C17H23FN2O/c1-13-5-6-15(18)14(11-13)16(21)20-10-9-19-12-17(20)7-3-2-4-8-17/h5-6,11,19H,2-4,7-10,12H2,1H3. The number of nitrogens with one attached hydrogen (secondary N) is 1. The first-order valence-corrected chi connectivity index (χ1v) is 7.91. The van der Waals surface area contributed by atoms with Crippen LogP contribution in [0.5, 0.6) is 0 Å². The number of amides is 1. The molecule has 1 aliphatic carbocycles. The summed E-state index contributed by atoms with van der Waals surface area (Å²) in [4.78, 5) is 14.8. The summed E-state index contributed by atoms with van der Waals surface area (Å²) in [5.41, 5.74) is 1.04. The SMILES string of the molecule is Cc1ccc(F)c(C(=O)N2CCNCC23CCCCC3)c1. The molecule has 2 fully saturated rings. The third-order valence-corrected chi connectivity index (χ3v) is 4.92. The van der Waals surface area contributed by atoms with Crippen molar-refractivity contribution < 1.29 is 9.18 Å². The Labute approximate surface area is 125 Å². The van der Waals surface area contributed by atoms with E-state index in [0.29, 0.717) is 6.54 Å². The van der Waals surface area contributed by atoms with Gasteiger partial charge in [-0.05, 0) is 31.9 Å². The van der Waals surface area contributed by atoms with Gasteiger partial charge in [0, 0.05) is 19.6 Å². The summed E-state index contributed by atoms with van der Waals surface area (Å²) in [7, 11) is 0. The van der Waals surface area contributed by atoms with Crippen LogP contribution in [0.4, 0.5) is 4.39 Å². The lowest BCUT2D eigenvalue weighted by Gasteiger charge is -2.49. The first-order chi connectivity index (χ1) is 10.1. The molecular weight excluding hydrogens is 267 g/mol. The molecule has 3 rings (SSSR count). The average molecular weight is 290 g/mol. The Bertz CT molecular complexity index is 529. The zero-order valence-corrected chi connectivity index (χ0v) is 12.6. The van der Waals surface area contributed by atoms with Crippen LogP contribution in [0.2, 0.25) is 0 Å². The van der Waals surface area contributed by atoms with Crippen LogP contribution in [0.15, 0.2) is 18.2 Å². The number of hydrogen-bond donors (Lipinski definition) is 1. The van der Waals surface area contributed by atoms with Gasteiger partial charge in [0.1, 0.15) is 5.82 Å². The minimum absolute atomic E-state index is 0.107. The van der Waals surface area contributed by atoms with Crippen LogP contribution >= 0.6 is 0 Å². The number of halogens is 1. The molecule has 0 atom stereocenters. The summed E-state index contributed by atoms with van der Waals surface area (Å²) >= 11 is 0. The minimum Gasteiger partial charge on any atom is -0.330 e. The smallest absolute Gasteiger partial charge is 0.257 e. The van der Waals surface area contributed by atoms with Crippen LogP contribution in [0.1, 0.15) is 48.0 Å². The quantitative estimate of drug-likeness (QED) is 0.862. The molecule has 1 aromatic carbocycles. The van der Waals surface area contributed by atoms with Crippen molar-refractivity contribution in [1.29, 1.82) is 0 Å². The van der Waals surface area contributed by atoms with Gasteiger partial charge in [-0.15, -0.1) is 0 Å². The average Bonchev–Trinajstić information content (AvgIpc) is 2.50. The van der Waals surface area contributed by atoms with E-state index in [4.69, 9.17) is 0 Å². The predicted octanol–water partition coefficient (Wildman–Crippen LogP) is 2.88. The largest absolute Gasteiger partial charge is 0.330 e. The number of carbonyl (C=O) groups excluding carboxylic acids is 1. The minimum atomic E-state index is -0.407. The molecule has 0 aromatic heterocycles. The maximum Gasteiger partial charge on any atom is 0.257 e. The molecule has 3 nitrogen and oxygen atoms in total. The molecule has 1 N–H and O–H groups in total.